The van der Waals surface area contributed by atoms with Gasteiger partial charge in [0.2, 0.25) is 0 Å². The standard InChI is InChI=1S/C58H44N2S4/c1-33-29-35(3)53(36(4)30-33)57-43-19-17-41(59-43)55(39-13-9-7-10-14-39)49-25-23-47(62-49)45-21-22-46(61-45)48-24-26-50(63-48)56(40-15-11-8-12-16-40)42-18-20-44(60-42)58(52-28-27-51(57)64-52)54-37(5)31-34(2)32-38(54)6/h7-32H,1-6H3. The first-order chi connectivity index (χ1) is 31.2. The van der Waals surface area contributed by atoms with E-state index in [1.54, 1.807) is 0 Å². The third-order valence-electron chi connectivity index (χ3n) is 12.2. The Balaban J connectivity index is 1.34. The molecule has 0 atom stereocenters. The Morgan fingerprint density at radius 3 is 0.891 bits per heavy atom. The molecule has 64 heavy (non-hydrogen) atoms. The maximum Gasteiger partial charge on any atom is 0.0730 e. The Morgan fingerprint density at radius 2 is 0.547 bits per heavy atom. The molecule has 0 radical (unpaired) electrons. The Morgan fingerprint density at radius 1 is 0.281 bits per heavy atom. The number of thiophene rings is 4. The average molecular weight is 897 g/mol. The Hall–Kier alpha value is -6.28. The van der Waals surface area contributed by atoms with Crippen LogP contribution in [0.4, 0.5) is 0 Å². The van der Waals surface area contributed by atoms with Crippen molar-refractivity contribution in [1.82, 2.24) is 9.97 Å². The van der Waals surface area contributed by atoms with Gasteiger partial charge in [0.05, 0.1) is 22.8 Å². The third kappa shape index (κ3) is 7.25. The van der Waals surface area contributed by atoms with E-state index in [2.05, 4.69) is 199 Å². The van der Waals surface area contributed by atoms with E-state index in [0.29, 0.717) is 0 Å². The molecule has 2 nitrogen and oxygen atoms in total. The summed E-state index contributed by atoms with van der Waals surface area (Å²) in [6.07, 6.45) is 8.93. The van der Waals surface area contributed by atoms with Crippen LogP contribution in [0.5, 0.6) is 0 Å². The van der Waals surface area contributed by atoms with Gasteiger partial charge in [0.25, 0.3) is 0 Å². The van der Waals surface area contributed by atoms with Gasteiger partial charge in [-0.3, -0.25) is 0 Å². The monoisotopic (exact) mass is 896 g/mol. The van der Waals surface area contributed by atoms with Crippen molar-refractivity contribution < 1.29 is 0 Å². The number of benzene rings is 4. The number of aryl methyl sites for hydroxylation is 6. The lowest BCUT2D eigenvalue weighted by Gasteiger charge is -2.13. The number of hydrogen-bond donors (Lipinski definition) is 0. The van der Waals surface area contributed by atoms with Crippen LogP contribution in [0.3, 0.4) is 0 Å². The van der Waals surface area contributed by atoms with Crippen molar-refractivity contribution >= 4 is 107 Å². The zero-order valence-electron chi connectivity index (χ0n) is 36.5. The molecule has 4 aromatic carbocycles. The van der Waals surface area contributed by atoms with E-state index in [1.165, 1.54) is 82.1 Å². The van der Waals surface area contributed by atoms with Crippen molar-refractivity contribution in [3.63, 3.8) is 0 Å². The van der Waals surface area contributed by atoms with E-state index in [9.17, 15) is 0 Å². The second-order valence-corrected chi connectivity index (χ2v) is 21.2. The van der Waals surface area contributed by atoms with Crippen molar-refractivity contribution in [3.8, 4) is 44.5 Å². The Kier molecular flexibility index (Phi) is 10.4. The molecule has 6 heteroatoms. The Bertz CT molecular complexity index is 3380. The van der Waals surface area contributed by atoms with Crippen molar-refractivity contribution in [2.24, 2.45) is 0 Å². The molecule has 0 saturated heterocycles. The van der Waals surface area contributed by atoms with E-state index in [-0.39, 0.29) is 0 Å². The van der Waals surface area contributed by atoms with Gasteiger partial charge in [0.1, 0.15) is 0 Å². The summed E-state index contributed by atoms with van der Waals surface area (Å²) < 4.78 is 9.81. The molecule has 0 N–H and O–H groups in total. The van der Waals surface area contributed by atoms with Crippen LogP contribution in [0.25, 0.3) is 106 Å². The largest absolute Gasteiger partial charge is 0.248 e. The van der Waals surface area contributed by atoms with E-state index in [1.807, 2.05) is 45.3 Å². The molecular formula is C58H44N2S4. The summed E-state index contributed by atoms with van der Waals surface area (Å²) in [6, 6.07) is 49.1. The molecule has 9 aromatic rings. The number of nitrogens with zero attached hydrogens (tertiary/aromatic N) is 2. The minimum absolute atomic E-state index is 0.975. The number of aromatic nitrogens is 2. The zero-order chi connectivity index (χ0) is 43.6. The Labute approximate surface area is 390 Å². The van der Waals surface area contributed by atoms with E-state index in [4.69, 9.17) is 9.97 Å². The lowest BCUT2D eigenvalue weighted by molar-refractivity contribution is 1.29. The summed E-state index contributed by atoms with van der Waals surface area (Å²) in [5.41, 5.74) is 20.8. The van der Waals surface area contributed by atoms with Crippen LogP contribution in [-0.2, 0) is 0 Å². The second-order valence-electron chi connectivity index (χ2n) is 16.9. The maximum atomic E-state index is 5.62. The molecule has 0 spiro atoms. The fourth-order valence-electron chi connectivity index (χ4n) is 9.65. The predicted molar refractivity (Wildman–Crippen MR) is 284 cm³/mol. The zero-order valence-corrected chi connectivity index (χ0v) is 39.8. The highest BCUT2D eigenvalue weighted by atomic mass is 32.1. The molecule has 0 unspecified atom stereocenters. The lowest BCUT2D eigenvalue weighted by atomic mass is 9.93. The van der Waals surface area contributed by atoms with Crippen LogP contribution >= 0.6 is 45.3 Å². The van der Waals surface area contributed by atoms with Gasteiger partial charge < -0.3 is 0 Å². The van der Waals surface area contributed by atoms with Crippen LogP contribution in [0.15, 0.2) is 133 Å². The number of fused-ring (bicyclic) bond motifs is 14. The van der Waals surface area contributed by atoms with Crippen LogP contribution in [-0.4, -0.2) is 9.97 Å². The molecule has 5 aromatic heterocycles. The highest BCUT2D eigenvalue weighted by Crippen LogP contribution is 2.45. The topological polar surface area (TPSA) is 25.8 Å². The molecule has 2 aliphatic heterocycles. The van der Waals surface area contributed by atoms with Crippen molar-refractivity contribution in [2.75, 3.05) is 0 Å². The quantitative estimate of drug-likeness (QED) is 0.176. The molecule has 2 aliphatic rings. The van der Waals surface area contributed by atoms with Crippen molar-refractivity contribution in [2.45, 2.75) is 41.5 Å². The molecule has 7 heterocycles. The normalized spacial score (nSPS) is 12.1. The van der Waals surface area contributed by atoms with Gasteiger partial charge in [-0.25, -0.2) is 9.97 Å². The first kappa shape index (κ1) is 40.5. The van der Waals surface area contributed by atoms with Gasteiger partial charge in [-0.15, -0.1) is 45.3 Å². The highest BCUT2D eigenvalue weighted by molar-refractivity contribution is 7.33. The number of hydrogen-bond acceptors (Lipinski definition) is 6. The first-order valence-electron chi connectivity index (χ1n) is 21.6. The molecule has 0 fully saturated rings. The average Bonchev–Trinajstić information content (AvgIpc) is 4.14. The van der Waals surface area contributed by atoms with E-state index >= 15 is 0 Å². The SMILES string of the molecule is Cc1cc(C)c(-c2c3nc(c(-c4ccccc4)c4ccc(s4)c4ccc(s4)c4ccc(s4)c(-c4ccccc4)c4nc(c(-c5c(C)cc(C)cc5C)c5ccc2s5)C=C4)C=C3)c(C)c1. The fraction of sp³-hybridized carbons (Fsp3) is 0.103. The van der Waals surface area contributed by atoms with Gasteiger partial charge in [-0.2, -0.15) is 0 Å². The van der Waals surface area contributed by atoms with Crippen LogP contribution in [0, 0.1) is 41.5 Å². The van der Waals surface area contributed by atoms with Crippen LogP contribution in [0.2, 0.25) is 0 Å². The van der Waals surface area contributed by atoms with Gasteiger partial charge in [-0.1, -0.05) is 96.1 Å². The van der Waals surface area contributed by atoms with Crippen molar-refractivity contribution in [1.29, 1.82) is 0 Å². The molecule has 0 aliphatic carbocycles. The fourth-order valence-corrected chi connectivity index (χ4v) is 14.1. The molecule has 0 amide bonds. The van der Waals surface area contributed by atoms with Crippen LogP contribution in [0.1, 0.15) is 56.2 Å². The van der Waals surface area contributed by atoms with Crippen LogP contribution < -0.4 is 0 Å². The first-order valence-corrected chi connectivity index (χ1v) is 24.9. The van der Waals surface area contributed by atoms with E-state index < -0.39 is 0 Å². The molecule has 12 bridgehead atoms. The van der Waals surface area contributed by atoms with E-state index in [0.717, 1.165) is 56.2 Å². The summed E-state index contributed by atoms with van der Waals surface area (Å²) >= 11 is 7.38. The number of rotatable bonds is 4. The smallest absolute Gasteiger partial charge is 0.0730 e. The highest BCUT2D eigenvalue weighted by Gasteiger charge is 2.21. The minimum Gasteiger partial charge on any atom is -0.248 e. The summed E-state index contributed by atoms with van der Waals surface area (Å²) in [5.74, 6) is 0. The van der Waals surface area contributed by atoms with Gasteiger partial charge in [0, 0.05) is 59.9 Å². The third-order valence-corrected chi connectivity index (χ3v) is 17.0. The summed E-state index contributed by atoms with van der Waals surface area (Å²) in [6.45, 7) is 13.4. The summed E-state index contributed by atoms with van der Waals surface area (Å²) in [7, 11) is 0. The maximum absolute atomic E-state index is 5.62. The van der Waals surface area contributed by atoms with Gasteiger partial charge in [0.15, 0.2) is 0 Å². The lowest BCUT2D eigenvalue weighted by Crippen LogP contribution is -1.93. The summed E-state index contributed by atoms with van der Waals surface area (Å²) in [4.78, 5) is 11.2. The molecule has 11 rings (SSSR count). The van der Waals surface area contributed by atoms with Gasteiger partial charge in [-0.05, 0) is 159 Å². The predicted octanol–water partition coefficient (Wildman–Crippen LogP) is 18.2. The summed E-state index contributed by atoms with van der Waals surface area (Å²) in [5, 5.41) is 0. The minimum atomic E-state index is 0.975. The molecule has 310 valence electrons. The van der Waals surface area contributed by atoms with Gasteiger partial charge >= 0.3 is 0 Å². The van der Waals surface area contributed by atoms with Crippen molar-refractivity contribution in [3.05, 3.63) is 190 Å². The molecular weight excluding hydrogens is 853 g/mol. The second kappa shape index (κ2) is 16.4. The molecule has 0 saturated carbocycles.